The first-order chi connectivity index (χ1) is 11.6. The smallest absolute Gasteiger partial charge is 0.224 e. The lowest BCUT2D eigenvalue weighted by atomic mass is 9.92. The summed E-state index contributed by atoms with van der Waals surface area (Å²) in [5.41, 5.74) is 0. The maximum absolute atomic E-state index is 12.3. The van der Waals surface area contributed by atoms with Crippen LogP contribution in [0.4, 0.5) is 0 Å². The molecule has 0 saturated carbocycles. The number of halogens is 1. The number of nitrogens with one attached hydrogen (secondary N) is 1. The first kappa shape index (κ1) is 19.1. The van der Waals surface area contributed by atoms with Gasteiger partial charge in [-0.1, -0.05) is 24.9 Å². The van der Waals surface area contributed by atoms with Gasteiger partial charge in [-0.2, -0.15) is 0 Å². The van der Waals surface area contributed by atoms with Crippen LogP contribution in [-0.2, 0) is 4.79 Å². The van der Waals surface area contributed by atoms with Crippen molar-refractivity contribution in [1.29, 1.82) is 0 Å². The van der Waals surface area contributed by atoms with Crippen molar-refractivity contribution in [2.75, 3.05) is 26.2 Å². The predicted octanol–water partition coefficient (Wildman–Crippen LogP) is 3.74. The molecule has 1 aliphatic rings. The van der Waals surface area contributed by atoms with Gasteiger partial charge in [0.25, 0.3) is 0 Å². The lowest BCUT2D eigenvalue weighted by Crippen LogP contribution is -2.48. The Bertz CT molecular complexity index is 507. The average Bonchev–Trinajstić information content (AvgIpc) is 2.58. The zero-order valence-corrected chi connectivity index (χ0v) is 15.5. The van der Waals surface area contributed by atoms with Gasteiger partial charge in [0.2, 0.25) is 5.91 Å². The second-order valence-corrected chi connectivity index (χ2v) is 7.00. The summed E-state index contributed by atoms with van der Waals surface area (Å²) in [6.07, 6.45) is 4.20. The maximum atomic E-state index is 12.3. The number of benzene rings is 1. The summed E-state index contributed by atoms with van der Waals surface area (Å²) in [6.45, 7) is 7.44. The Morgan fingerprint density at radius 3 is 2.79 bits per heavy atom. The fraction of sp³-hybridized carbons (Fsp3) is 0.632. The van der Waals surface area contributed by atoms with Crippen LogP contribution in [0.2, 0.25) is 5.02 Å². The minimum Gasteiger partial charge on any atom is -0.492 e. The molecule has 0 aromatic heterocycles. The number of hydrogen-bond acceptors (Lipinski definition) is 3. The van der Waals surface area contributed by atoms with E-state index in [2.05, 4.69) is 24.1 Å². The molecule has 1 N–H and O–H groups in total. The lowest BCUT2D eigenvalue weighted by molar-refractivity contribution is -0.127. The van der Waals surface area contributed by atoms with E-state index in [1.165, 1.54) is 0 Å². The molecule has 0 spiro atoms. The zero-order chi connectivity index (χ0) is 17.4. The number of carbonyl (C=O) groups excluding carboxylic acids is 1. The van der Waals surface area contributed by atoms with Crippen molar-refractivity contribution in [1.82, 2.24) is 10.2 Å². The van der Waals surface area contributed by atoms with Crippen LogP contribution < -0.4 is 10.1 Å². The monoisotopic (exact) mass is 352 g/mol. The highest BCUT2D eigenvalue weighted by Gasteiger charge is 2.29. The second kappa shape index (κ2) is 9.90. The summed E-state index contributed by atoms with van der Waals surface area (Å²) in [6, 6.07) is 7.92. The van der Waals surface area contributed by atoms with E-state index in [-0.39, 0.29) is 11.8 Å². The molecule has 1 fully saturated rings. The van der Waals surface area contributed by atoms with Gasteiger partial charge in [0, 0.05) is 30.7 Å². The van der Waals surface area contributed by atoms with E-state index in [4.69, 9.17) is 16.3 Å². The molecule has 1 amide bonds. The van der Waals surface area contributed by atoms with Crippen LogP contribution in [0.25, 0.3) is 0 Å². The Kier molecular flexibility index (Phi) is 7.86. The minimum absolute atomic E-state index is 0.105. The molecular weight excluding hydrogens is 324 g/mol. The quantitative estimate of drug-likeness (QED) is 0.725. The molecule has 2 rings (SSSR count). The number of ether oxygens (including phenoxy) is 1. The predicted molar refractivity (Wildman–Crippen MR) is 98.6 cm³/mol. The number of hydrogen-bond donors (Lipinski definition) is 1. The van der Waals surface area contributed by atoms with E-state index >= 15 is 0 Å². The van der Waals surface area contributed by atoms with Gasteiger partial charge in [-0.15, -0.1) is 0 Å². The molecule has 5 heteroatoms. The van der Waals surface area contributed by atoms with Gasteiger partial charge in [-0.25, -0.2) is 0 Å². The van der Waals surface area contributed by atoms with E-state index < -0.39 is 0 Å². The summed E-state index contributed by atoms with van der Waals surface area (Å²) >= 11 is 5.88. The van der Waals surface area contributed by atoms with E-state index in [9.17, 15) is 4.79 Å². The molecule has 0 radical (unpaired) electrons. The largest absolute Gasteiger partial charge is 0.492 e. The zero-order valence-electron chi connectivity index (χ0n) is 14.8. The van der Waals surface area contributed by atoms with Gasteiger partial charge in [0.15, 0.2) is 0 Å². The van der Waals surface area contributed by atoms with Crippen molar-refractivity contribution in [2.24, 2.45) is 5.92 Å². The molecule has 24 heavy (non-hydrogen) atoms. The lowest BCUT2D eigenvalue weighted by Gasteiger charge is -2.37. The van der Waals surface area contributed by atoms with Gasteiger partial charge in [-0.3, -0.25) is 9.69 Å². The number of piperidine rings is 1. The standard InChI is InChI=1S/C19H29ClN2O2/c1-3-4-11-21-19(23)16-6-5-15(2)22(14-16)12-13-24-18-9-7-17(20)8-10-18/h7-10,15-16H,3-6,11-14H2,1-2H3,(H,21,23). The molecule has 134 valence electrons. The third-order valence-electron chi connectivity index (χ3n) is 4.67. The van der Waals surface area contributed by atoms with E-state index in [1.54, 1.807) is 0 Å². The van der Waals surface area contributed by atoms with Crippen molar-refractivity contribution < 1.29 is 9.53 Å². The second-order valence-electron chi connectivity index (χ2n) is 6.57. The van der Waals surface area contributed by atoms with Crippen LogP contribution >= 0.6 is 11.6 Å². The molecule has 4 nitrogen and oxygen atoms in total. The first-order valence-electron chi connectivity index (χ1n) is 9.00. The number of carbonyl (C=O) groups is 1. The molecule has 2 atom stereocenters. The normalized spacial score (nSPS) is 21.5. The highest BCUT2D eigenvalue weighted by molar-refractivity contribution is 6.30. The molecular formula is C19H29ClN2O2. The van der Waals surface area contributed by atoms with Crippen LogP contribution in [-0.4, -0.2) is 43.1 Å². The van der Waals surface area contributed by atoms with Crippen LogP contribution in [0.15, 0.2) is 24.3 Å². The molecule has 1 aromatic carbocycles. The molecule has 2 unspecified atom stereocenters. The topological polar surface area (TPSA) is 41.6 Å². The van der Waals surface area contributed by atoms with E-state index in [1.807, 2.05) is 24.3 Å². The summed E-state index contributed by atoms with van der Waals surface area (Å²) < 4.78 is 5.79. The summed E-state index contributed by atoms with van der Waals surface area (Å²) in [7, 11) is 0. The number of amides is 1. The van der Waals surface area contributed by atoms with Crippen molar-refractivity contribution in [3.8, 4) is 5.75 Å². The van der Waals surface area contributed by atoms with Gasteiger partial charge in [0.1, 0.15) is 12.4 Å². The third kappa shape index (κ3) is 5.99. The summed E-state index contributed by atoms with van der Waals surface area (Å²) in [4.78, 5) is 14.6. The fourth-order valence-corrected chi connectivity index (χ4v) is 3.18. The molecule has 1 aliphatic heterocycles. The SMILES string of the molecule is CCCCNC(=O)C1CCC(C)N(CCOc2ccc(Cl)cc2)C1. The molecule has 0 bridgehead atoms. The van der Waals surface area contributed by atoms with Gasteiger partial charge >= 0.3 is 0 Å². The fourth-order valence-electron chi connectivity index (χ4n) is 3.05. The van der Waals surface area contributed by atoms with Gasteiger partial charge in [-0.05, 0) is 50.5 Å². The van der Waals surface area contributed by atoms with Gasteiger partial charge < -0.3 is 10.1 Å². The minimum atomic E-state index is 0.105. The van der Waals surface area contributed by atoms with Crippen LogP contribution in [0, 0.1) is 5.92 Å². The van der Waals surface area contributed by atoms with Crippen molar-refractivity contribution in [3.05, 3.63) is 29.3 Å². The van der Waals surface area contributed by atoms with Crippen molar-refractivity contribution >= 4 is 17.5 Å². The van der Waals surface area contributed by atoms with Crippen LogP contribution in [0.1, 0.15) is 39.5 Å². The first-order valence-corrected chi connectivity index (χ1v) is 9.38. The Labute approximate surface area is 150 Å². The van der Waals surface area contributed by atoms with Crippen molar-refractivity contribution in [2.45, 2.75) is 45.6 Å². The number of unbranched alkanes of at least 4 members (excludes halogenated alkanes) is 1. The Hall–Kier alpha value is -1.26. The Morgan fingerprint density at radius 1 is 1.33 bits per heavy atom. The highest BCUT2D eigenvalue weighted by Crippen LogP contribution is 2.22. The Morgan fingerprint density at radius 2 is 2.08 bits per heavy atom. The number of likely N-dealkylation sites (tertiary alicyclic amines) is 1. The number of rotatable bonds is 8. The summed E-state index contributed by atoms with van der Waals surface area (Å²) in [5.74, 6) is 1.14. The van der Waals surface area contributed by atoms with E-state index in [0.717, 1.165) is 51.1 Å². The molecule has 1 saturated heterocycles. The van der Waals surface area contributed by atoms with Crippen LogP contribution in [0.5, 0.6) is 5.75 Å². The summed E-state index contributed by atoms with van der Waals surface area (Å²) in [5, 5.41) is 3.78. The number of nitrogens with zero attached hydrogens (tertiary/aromatic N) is 1. The van der Waals surface area contributed by atoms with Gasteiger partial charge in [0.05, 0.1) is 5.92 Å². The maximum Gasteiger partial charge on any atom is 0.224 e. The average molecular weight is 353 g/mol. The Balaban J connectivity index is 1.76. The van der Waals surface area contributed by atoms with Crippen molar-refractivity contribution in [3.63, 3.8) is 0 Å². The van der Waals surface area contributed by atoms with Crippen LogP contribution in [0.3, 0.4) is 0 Å². The molecule has 0 aliphatic carbocycles. The molecule has 1 aromatic rings. The van der Waals surface area contributed by atoms with E-state index in [0.29, 0.717) is 17.7 Å². The third-order valence-corrected chi connectivity index (χ3v) is 4.92. The highest BCUT2D eigenvalue weighted by atomic mass is 35.5. The molecule has 1 heterocycles.